The van der Waals surface area contributed by atoms with E-state index < -0.39 is 4.92 Å². The Morgan fingerprint density at radius 1 is 1.56 bits per heavy atom. The fourth-order valence-corrected chi connectivity index (χ4v) is 2.31. The third-order valence-corrected chi connectivity index (χ3v) is 3.16. The summed E-state index contributed by atoms with van der Waals surface area (Å²) in [6.07, 6.45) is 3.25. The van der Waals surface area contributed by atoms with Gasteiger partial charge < -0.3 is 5.32 Å². The third-order valence-electron chi connectivity index (χ3n) is 2.85. The minimum absolute atomic E-state index is 0.0233. The Balaban J connectivity index is 2.11. The maximum atomic E-state index is 10.6. The van der Waals surface area contributed by atoms with Crippen molar-refractivity contribution >= 4 is 17.3 Å². The van der Waals surface area contributed by atoms with Crippen molar-refractivity contribution in [2.24, 2.45) is 0 Å². The molecule has 1 N–H and O–H groups in total. The van der Waals surface area contributed by atoms with Crippen molar-refractivity contribution in [1.82, 2.24) is 5.32 Å². The van der Waals surface area contributed by atoms with Gasteiger partial charge in [-0.2, -0.15) is 0 Å². The summed E-state index contributed by atoms with van der Waals surface area (Å²) in [5.41, 5.74) is 1.03. The van der Waals surface area contributed by atoms with Crippen LogP contribution in [0.2, 0.25) is 5.02 Å². The van der Waals surface area contributed by atoms with Gasteiger partial charge in [-0.05, 0) is 37.4 Å². The van der Waals surface area contributed by atoms with Crippen LogP contribution in [-0.4, -0.2) is 17.5 Å². The molecule has 1 saturated heterocycles. The van der Waals surface area contributed by atoms with Gasteiger partial charge in [0.1, 0.15) is 5.02 Å². The highest BCUT2D eigenvalue weighted by molar-refractivity contribution is 6.32. The molecular formula is C11H13ClN2O2. The van der Waals surface area contributed by atoms with Crippen molar-refractivity contribution in [1.29, 1.82) is 0 Å². The molecule has 0 spiro atoms. The summed E-state index contributed by atoms with van der Waals surface area (Å²) >= 11 is 5.85. The average molecular weight is 241 g/mol. The number of halogens is 1. The minimum atomic E-state index is -0.458. The van der Waals surface area contributed by atoms with E-state index in [4.69, 9.17) is 11.6 Å². The molecule has 1 aromatic rings. The molecule has 0 radical (unpaired) electrons. The van der Waals surface area contributed by atoms with Gasteiger partial charge in [0.15, 0.2) is 0 Å². The standard InChI is InChI=1S/C11H13ClN2O2/c12-10-7-8(3-4-11(10)14(15)16)6-9-2-1-5-13-9/h3-4,7,9,13H,1-2,5-6H2. The zero-order valence-electron chi connectivity index (χ0n) is 8.78. The van der Waals surface area contributed by atoms with Crippen LogP contribution in [0.1, 0.15) is 18.4 Å². The van der Waals surface area contributed by atoms with Crippen LogP contribution in [0.4, 0.5) is 5.69 Å². The number of hydrogen-bond donors (Lipinski definition) is 1. The average Bonchev–Trinajstić information content (AvgIpc) is 2.70. The number of nitro benzene ring substituents is 1. The lowest BCUT2D eigenvalue weighted by atomic mass is 10.0. The zero-order valence-corrected chi connectivity index (χ0v) is 9.54. The smallest absolute Gasteiger partial charge is 0.287 e. The van der Waals surface area contributed by atoms with Crippen molar-refractivity contribution in [3.8, 4) is 0 Å². The first kappa shape index (κ1) is 11.4. The molecule has 1 aliphatic heterocycles. The molecule has 1 fully saturated rings. The predicted molar refractivity (Wildman–Crippen MR) is 62.8 cm³/mol. The summed E-state index contributed by atoms with van der Waals surface area (Å²) in [7, 11) is 0. The first-order valence-electron chi connectivity index (χ1n) is 5.33. The Morgan fingerprint density at radius 3 is 2.94 bits per heavy atom. The molecule has 1 aliphatic rings. The summed E-state index contributed by atoms with van der Waals surface area (Å²) < 4.78 is 0. The number of hydrogen-bond acceptors (Lipinski definition) is 3. The van der Waals surface area contributed by atoms with Crippen LogP contribution in [0, 0.1) is 10.1 Å². The van der Waals surface area contributed by atoms with Crippen LogP contribution in [-0.2, 0) is 6.42 Å². The normalized spacial score (nSPS) is 19.9. The van der Waals surface area contributed by atoms with Crippen molar-refractivity contribution in [3.63, 3.8) is 0 Å². The number of benzene rings is 1. The maximum absolute atomic E-state index is 10.6. The minimum Gasteiger partial charge on any atom is -0.314 e. The first-order valence-corrected chi connectivity index (χ1v) is 5.71. The van der Waals surface area contributed by atoms with E-state index in [1.807, 2.05) is 0 Å². The molecule has 1 heterocycles. The van der Waals surface area contributed by atoms with Crippen molar-refractivity contribution in [2.45, 2.75) is 25.3 Å². The molecule has 4 nitrogen and oxygen atoms in total. The molecule has 0 amide bonds. The number of nitrogens with zero attached hydrogens (tertiary/aromatic N) is 1. The molecule has 1 atom stereocenters. The van der Waals surface area contributed by atoms with E-state index in [9.17, 15) is 10.1 Å². The Morgan fingerprint density at radius 2 is 2.38 bits per heavy atom. The van der Waals surface area contributed by atoms with Gasteiger partial charge >= 0.3 is 0 Å². The van der Waals surface area contributed by atoms with Gasteiger partial charge in [0.25, 0.3) is 5.69 Å². The largest absolute Gasteiger partial charge is 0.314 e. The highest BCUT2D eigenvalue weighted by Gasteiger charge is 2.17. The highest BCUT2D eigenvalue weighted by atomic mass is 35.5. The van der Waals surface area contributed by atoms with Crippen molar-refractivity contribution in [2.75, 3.05) is 6.54 Å². The monoisotopic (exact) mass is 240 g/mol. The molecule has 0 bridgehead atoms. The molecule has 0 saturated carbocycles. The molecule has 1 aromatic carbocycles. The molecule has 2 rings (SSSR count). The second-order valence-corrected chi connectivity index (χ2v) is 4.45. The van der Waals surface area contributed by atoms with Crippen LogP contribution in [0.3, 0.4) is 0 Å². The quantitative estimate of drug-likeness (QED) is 0.653. The molecule has 16 heavy (non-hydrogen) atoms. The van der Waals surface area contributed by atoms with E-state index in [-0.39, 0.29) is 10.7 Å². The molecule has 1 unspecified atom stereocenters. The Hall–Kier alpha value is -1.13. The van der Waals surface area contributed by atoms with Gasteiger partial charge in [0.2, 0.25) is 0 Å². The lowest BCUT2D eigenvalue weighted by Crippen LogP contribution is -2.23. The van der Waals surface area contributed by atoms with Gasteiger partial charge in [-0.3, -0.25) is 10.1 Å². The third kappa shape index (κ3) is 2.51. The van der Waals surface area contributed by atoms with E-state index in [1.54, 1.807) is 12.1 Å². The molecule has 0 aromatic heterocycles. The summed E-state index contributed by atoms with van der Waals surface area (Å²) in [4.78, 5) is 10.1. The van der Waals surface area contributed by atoms with E-state index in [0.717, 1.165) is 24.9 Å². The Kier molecular flexibility index (Phi) is 3.41. The maximum Gasteiger partial charge on any atom is 0.287 e. The molecular weight excluding hydrogens is 228 g/mol. The first-order chi connectivity index (χ1) is 7.66. The summed E-state index contributed by atoms with van der Waals surface area (Å²) in [5, 5.41) is 14.2. The lowest BCUT2D eigenvalue weighted by Gasteiger charge is -2.09. The van der Waals surface area contributed by atoms with Gasteiger partial charge in [-0.1, -0.05) is 17.7 Å². The number of nitro groups is 1. The number of nitrogens with one attached hydrogen (secondary N) is 1. The second kappa shape index (κ2) is 4.80. The van der Waals surface area contributed by atoms with Crippen molar-refractivity contribution < 1.29 is 4.92 Å². The van der Waals surface area contributed by atoms with E-state index in [2.05, 4.69) is 5.32 Å². The summed E-state index contributed by atoms with van der Waals surface area (Å²) in [6.45, 7) is 1.06. The van der Waals surface area contributed by atoms with Crippen LogP contribution < -0.4 is 5.32 Å². The Bertz CT molecular complexity index is 403. The van der Waals surface area contributed by atoms with E-state index in [1.165, 1.54) is 12.5 Å². The molecule has 0 aliphatic carbocycles. The van der Waals surface area contributed by atoms with Crippen LogP contribution in [0.15, 0.2) is 18.2 Å². The van der Waals surface area contributed by atoms with Crippen LogP contribution >= 0.6 is 11.6 Å². The second-order valence-electron chi connectivity index (χ2n) is 4.04. The fraction of sp³-hybridized carbons (Fsp3) is 0.455. The molecule has 86 valence electrons. The highest BCUT2D eigenvalue weighted by Crippen LogP contribution is 2.26. The van der Waals surface area contributed by atoms with Gasteiger partial charge in [-0.25, -0.2) is 0 Å². The van der Waals surface area contributed by atoms with E-state index >= 15 is 0 Å². The molecule has 5 heteroatoms. The Labute approximate surface area is 98.8 Å². The summed E-state index contributed by atoms with van der Waals surface area (Å²) in [5.74, 6) is 0. The predicted octanol–water partition coefficient (Wildman–Crippen LogP) is 2.54. The van der Waals surface area contributed by atoms with Gasteiger partial charge in [0, 0.05) is 12.1 Å². The van der Waals surface area contributed by atoms with Crippen LogP contribution in [0.25, 0.3) is 0 Å². The van der Waals surface area contributed by atoms with E-state index in [0.29, 0.717) is 6.04 Å². The summed E-state index contributed by atoms with van der Waals surface area (Å²) in [6, 6.07) is 5.44. The number of rotatable bonds is 3. The van der Waals surface area contributed by atoms with Gasteiger partial charge in [-0.15, -0.1) is 0 Å². The van der Waals surface area contributed by atoms with Crippen LogP contribution in [0.5, 0.6) is 0 Å². The topological polar surface area (TPSA) is 55.2 Å². The van der Waals surface area contributed by atoms with Crippen molar-refractivity contribution in [3.05, 3.63) is 38.9 Å². The fourth-order valence-electron chi connectivity index (χ4n) is 2.04. The zero-order chi connectivity index (χ0) is 11.5. The van der Waals surface area contributed by atoms with Gasteiger partial charge in [0.05, 0.1) is 4.92 Å². The SMILES string of the molecule is O=[N+]([O-])c1ccc(CC2CCCN2)cc1Cl. The lowest BCUT2D eigenvalue weighted by molar-refractivity contribution is -0.384.